The molecule has 0 aromatic carbocycles. The minimum absolute atomic E-state index is 0.136. The Hall–Kier alpha value is -1.64. The van der Waals surface area contributed by atoms with Crippen LogP contribution in [0, 0.1) is 5.92 Å². The molecule has 0 bridgehead atoms. The van der Waals surface area contributed by atoms with Crippen LogP contribution in [-0.4, -0.2) is 56.0 Å². The molecule has 1 aromatic heterocycles. The summed E-state index contributed by atoms with van der Waals surface area (Å²) in [5.74, 6) is 0.938. The van der Waals surface area contributed by atoms with Gasteiger partial charge in [-0.1, -0.05) is 33.1 Å². The van der Waals surface area contributed by atoms with Gasteiger partial charge in [-0.2, -0.15) is 18.3 Å². The maximum Gasteiger partial charge on any atom is 0.426 e. The standard InChI is InChI=1S/C20H31F3N4O2/c1-18(2,16-24-15(25-26-16)13-7-5-4-6-8-13)14-9-11-27(12-10-14)17(28)19(3,29)20(21,22)23/h13-14,29H,4-12H2,1-3H3,(H,24,25,26)/t19-/m1/s1. The molecule has 2 heterocycles. The molecule has 2 aliphatic rings. The zero-order valence-electron chi connectivity index (χ0n) is 17.3. The van der Waals surface area contributed by atoms with Crippen LogP contribution in [0.5, 0.6) is 0 Å². The third-order valence-corrected chi connectivity index (χ3v) is 6.84. The van der Waals surface area contributed by atoms with E-state index in [0.717, 1.165) is 29.4 Å². The summed E-state index contributed by atoms with van der Waals surface area (Å²) in [7, 11) is 0. The molecule has 164 valence electrons. The van der Waals surface area contributed by atoms with Crippen LogP contribution in [0.2, 0.25) is 0 Å². The molecule has 29 heavy (non-hydrogen) atoms. The van der Waals surface area contributed by atoms with Crippen LogP contribution in [0.15, 0.2) is 0 Å². The molecule has 2 fully saturated rings. The highest BCUT2D eigenvalue weighted by Crippen LogP contribution is 2.39. The zero-order chi connectivity index (χ0) is 21.4. The topological polar surface area (TPSA) is 82.1 Å². The summed E-state index contributed by atoms with van der Waals surface area (Å²) < 4.78 is 38.9. The average molecular weight is 416 g/mol. The van der Waals surface area contributed by atoms with Gasteiger partial charge in [-0.25, -0.2) is 4.98 Å². The van der Waals surface area contributed by atoms with Gasteiger partial charge < -0.3 is 10.0 Å². The number of carbonyl (C=O) groups excluding carboxylic acids is 1. The van der Waals surface area contributed by atoms with E-state index >= 15 is 0 Å². The van der Waals surface area contributed by atoms with Gasteiger partial charge in [-0.05, 0) is 38.5 Å². The van der Waals surface area contributed by atoms with Crippen molar-refractivity contribution in [3.63, 3.8) is 0 Å². The number of alkyl halides is 3. The van der Waals surface area contributed by atoms with E-state index in [2.05, 4.69) is 24.0 Å². The summed E-state index contributed by atoms with van der Waals surface area (Å²) in [4.78, 5) is 18.1. The lowest BCUT2D eigenvalue weighted by Gasteiger charge is -2.41. The number of nitrogens with zero attached hydrogens (tertiary/aromatic N) is 3. The van der Waals surface area contributed by atoms with Gasteiger partial charge >= 0.3 is 6.18 Å². The lowest BCUT2D eigenvalue weighted by molar-refractivity contribution is -0.250. The minimum atomic E-state index is -4.99. The number of amides is 1. The molecular formula is C20H31F3N4O2. The number of rotatable bonds is 4. The summed E-state index contributed by atoms with van der Waals surface area (Å²) in [5, 5.41) is 17.2. The highest BCUT2D eigenvalue weighted by Gasteiger charge is 2.57. The number of nitrogens with one attached hydrogen (secondary N) is 1. The number of carbonyl (C=O) groups is 1. The van der Waals surface area contributed by atoms with Crippen molar-refractivity contribution in [2.24, 2.45) is 5.92 Å². The van der Waals surface area contributed by atoms with Crippen LogP contribution in [-0.2, 0) is 10.2 Å². The average Bonchev–Trinajstić information content (AvgIpc) is 3.18. The van der Waals surface area contributed by atoms with Gasteiger partial charge in [-0.3, -0.25) is 9.89 Å². The second-order valence-electron chi connectivity index (χ2n) is 9.24. The normalized spacial score (nSPS) is 22.5. The van der Waals surface area contributed by atoms with E-state index in [4.69, 9.17) is 4.98 Å². The highest BCUT2D eigenvalue weighted by molar-refractivity contribution is 5.85. The lowest BCUT2D eigenvalue weighted by atomic mass is 9.73. The van der Waals surface area contributed by atoms with Gasteiger partial charge in [0.1, 0.15) is 5.82 Å². The fraction of sp³-hybridized carbons (Fsp3) is 0.850. The predicted octanol–water partition coefficient (Wildman–Crippen LogP) is 3.68. The highest BCUT2D eigenvalue weighted by atomic mass is 19.4. The van der Waals surface area contributed by atoms with Gasteiger partial charge in [0.15, 0.2) is 5.82 Å². The van der Waals surface area contributed by atoms with Gasteiger partial charge in [0.05, 0.1) is 0 Å². The smallest absolute Gasteiger partial charge is 0.373 e. The molecule has 1 amide bonds. The summed E-state index contributed by atoms with van der Waals surface area (Å²) >= 11 is 0. The van der Waals surface area contributed by atoms with Crippen molar-refractivity contribution >= 4 is 5.91 Å². The number of hydrogen-bond donors (Lipinski definition) is 2. The van der Waals surface area contributed by atoms with Crippen LogP contribution in [0.4, 0.5) is 13.2 Å². The Morgan fingerprint density at radius 3 is 2.21 bits per heavy atom. The van der Waals surface area contributed by atoms with Crippen molar-refractivity contribution in [2.75, 3.05) is 13.1 Å². The second-order valence-corrected chi connectivity index (χ2v) is 9.24. The predicted molar refractivity (Wildman–Crippen MR) is 101 cm³/mol. The van der Waals surface area contributed by atoms with E-state index in [0.29, 0.717) is 25.7 Å². The first-order valence-electron chi connectivity index (χ1n) is 10.5. The second kappa shape index (κ2) is 7.89. The van der Waals surface area contributed by atoms with Crippen molar-refractivity contribution in [3.05, 3.63) is 11.6 Å². The molecule has 1 aliphatic carbocycles. The van der Waals surface area contributed by atoms with E-state index in [1.54, 1.807) is 0 Å². The first-order valence-corrected chi connectivity index (χ1v) is 10.5. The molecule has 0 spiro atoms. The number of aromatic amines is 1. The number of piperidine rings is 1. The maximum absolute atomic E-state index is 13.0. The third-order valence-electron chi connectivity index (χ3n) is 6.84. The Kier molecular flexibility index (Phi) is 6.00. The lowest BCUT2D eigenvalue weighted by Crippen LogP contribution is -2.58. The summed E-state index contributed by atoms with van der Waals surface area (Å²) in [6.07, 6.45) is 2.01. The largest absolute Gasteiger partial charge is 0.426 e. The number of likely N-dealkylation sites (tertiary alicyclic amines) is 1. The Morgan fingerprint density at radius 2 is 1.66 bits per heavy atom. The van der Waals surface area contributed by atoms with Crippen LogP contribution < -0.4 is 0 Å². The third kappa shape index (κ3) is 4.29. The van der Waals surface area contributed by atoms with E-state index < -0.39 is 17.7 Å². The molecule has 0 unspecified atom stereocenters. The Bertz CT molecular complexity index is 716. The molecule has 9 heteroatoms. The number of aromatic nitrogens is 3. The minimum Gasteiger partial charge on any atom is -0.373 e. The van der Waals surface area contributed by atoms with Crippen molar-refractivity contribution < 1.29 is 23.1 Å². The summed E-state index contributed by atoms with van der Waals surface area (Å²) in [6, 6.07) is 0. The van der Waals surface area contributed by atoms with Gasteiger partial charge in [0.25, 0.3) is 5.91 Å². The molecule has 1 saturated carbocycles. The van der Waals surface area contributed by atoms with Crippen LogP contribution in [0.3, 0.4) is 0 Å². The fourth-order valence-electron chi connectivity index (χ4n) is 4.54. The molecule has 0 radical (unpaired) electrons. The van der Waals surface area contributed by atoms with Crippen LogP contribution >= 0.6 is 0 Å². The van der Waals surface area contributed by atoms with Crippen molar-refractivity contribution in [1.29, 1.82) is 0 Å². The zero-order valence-corrected chi connectivity index (χ0v) is 17.3. The molecular weight excluding hydrogens is 385 g/mol. The van der Waals surface area contributed by atoms with Crippen molar-refractivity contribution in [1.82, 2.24) is 20.1 Å². The Morgan fingerprint density at radius 1 is 1.07 bits per heavy atom. The van der Waals surface area contributed by atoms with Crippen molar-refractivity contribution in [2.45, 2.75) is 88.8 Å². The number of aliphatic hydroxyl groups is 1. The molecule has 3 rings (SSSR count). The number of halogens is 3. The number of hydrogen-bond acceptors (Lipinski definition) is 4. The summed E-state index contributed by atoms with van der Waals surface area (Å²) in [6.45, 7) is 4.98. The van der Waals surface area contributed by atoms with E-state index in [-0.39, 0.29) is 24.4 Å². The quantitative estimate of drug-likeness (QED) is 0.785. The van der Waals surface area contributed by atoms with E-state index in [1.807, 2.05) is 0 Å². The Labute approximate surface area is 169 Å². The monoisotopic (exact) mass is 416 g/mol. The molecule has 6 nitrogen and oxygen atoms in total. The van der Waals surface area contributed by atoms with Crippen molar-refractivity contribution in [3.8, 4) is 0 Å². The Balaban J connectivity index is 1.64. The maximum atomic E-state index is 13.0. The first kappa shape index (κ1) is 22.1. The van der Waals surface area contributed by atoms with Crippen LogP contribution in [0.1, 0.15) is 83.3 Å². The number of H-pyrrole nitrogens is 1. The molecule has 1 saturated heterocycles. The SMILES string of the molecule is CC(C)(c1n[nH]c(C2CCCCC2)n1)C1CCN(C(=O)[C@@](C)(O)C(F)(F)F)CC1. The summed E-state index contributed by atoms with van der Waals surface area (Å²) in [5.41, 5.74) is -3.71. The molecule has 2 N–H and O–H groups in total. The first-order chi connectivity index (χ1) is 13.4. The molecule has 1 aliphatic heterocycles. The van der Waals surface area contributed by atoms with Gasteiger partial charge in [-0.15, -0.1) is 0 Å². The van der Waals surface area contributed by atoms with Crippen LogP contribution in [0.25, 0.3) is 0 Å². The van der Waals surface area contributed by atoms with Gasteiger partial charge in [0, 0.05) is 24.4 Å². The molecule has 1 atom stereocenters. The van der Waals surface area contributed by atoms with E-state index in [1.165, 1.54) is 19.3 Å². The van der Waals surface area contributed by atoms with Gasteiger partial charge in [0.2, 0.25) is 5.60 Å². The van der Waals surface area contributed by atoms with E-state index in [9.17, 15) is 23.1 Å². The fourth-order valence-corrected chi connectivity index (χ4v) is 4.54. The molecule has 1 aromatic rings.